The molecule has 0 radical (unpaired) electrons. The van der Waals surface area contributed by atoms with Gasteiger partial charge in [-0.05, 0) is 19.4 Å². The number of aromatic nitrogens is 5. The van der Waals surface area contributed by atoms with Crippen LogP contribution in [0.2, 0.25) is 0 Å². The third-order valence-corrected chi connectivity index (χ3v) is 5.61. The zero-order chi connectivity index (χ0) is 20.0. The number of carbonyl (C=O) groups is 1. The van der Waals surface area contributed by atoms with Gasteiger partial charge in [0.25, 0.3) is 5.91 Å². The topological polar surface area (TPSA) is 99.2 Å². The number of ether oxygens (including phenoxy) is 1. The van der Waals surface area contributed by atoms with Crippen molar-refractivity contribution >= 4 is 5.91 Å². The lowest BCUT2D eigenvalue weighted by Crippen LogP contribution is -2.61. The zero-order valence-electron chi connectivity index (χ0n) is 16.5. The van der Waals surface area contributed by atoms with E-state index >= 15 is 0 Å². The van der Waals surface area contributed by atoms with E-state index in [9.17, 15) is 4.79 Å². The molecule has 0 N–H and O–H groups in total. The van der Waals surface area contributed by atoms with Crippen molar-refractivity contribution in [1.82, 2.24) is 29.8 Å². The smallest absolute Gasteiger partial charge is 0.276 e. The molecule has 1 amide bonds. The first kappa shape index (κ1) is 18.0. The van der Waals surface area contributed by atoms with Crippen molar-refractivity contribution in [2.75, 3.05) is 13.1 Å². The summed E-state index contributed by atoms with van der Waals surface area (Å²) in [6.45, 7) is 5.74. The molecule has 0 unspecified atom stereocenters. The van der Waals surface area contributed by atoms with Gasteiger partial charge in [0, 0.05) is 36.1 Å². The van der Waals surface area contributed by atoms with E-state index in [-0.39, 0.29) is 5.91 Å². The van der Waals surface area contributed by atoms with E-state index in [1.165, 1.54) is 0 Å². The van der Waals surface area contributed by atoms with Gasteiger partial charge in [-0.3, -0.25) is 9.48 Å². The second-order valence-corrected chi connectivity index (χ2v) is 7.61. The van der Waals surface area contributed by atoms with Crippen LogP contribution in [0.1, 0.15) is 52.2 Å². The molecule has 9 heteroatoms. The second kappa shape index (κ2) is 6.77. The van der Waals surface area contributed by atoms with E-state index in [2.05, 4.69) is 27.1 Å². The van der Waals surface area contributed by atoms with E-state index in [1.54, 1.807) is 15.8 Å². The van der Waals surface area contributed by atoms with E-state index in [4.69, 9.17) is 9.26 Å². The van der Waals surface area contributed by atoms with Gasteiger partial charge < -0.3 is 14.2 Å². The standard InChI is InChI=1S/C20H22N6O3/c1-3-5-17-21-8-15-16(23-17)10-28-20(15)11-25(12-20)19(27)18-14(13(2)29-24-18)9-26-7-4-6-22-26/h4,6-8H,3,5,9-12H2,1-2H3. The Kier molecular flexibility index (Phi) is 4.20. The highest BCUT2D eigenvalue weighted by Crippen LogP contribution is 2.43. The first-order valence-corrected chi connectivity index (χ1v) is 9.81. The molecule has 5 rings (SSSR count). The molecule has 1 fully saturated rings. The van der Waals surface area contributed by atoms with Gasteiger partial charge in [-0.2, -0.15) is 5.10 Å². The Morgan fingerprint density at radius 2 is 2.21 bits per heavy atom. The molecule has 2 aliphatic rings. The van der Waals surface area contributed by atoms with Crippen LogP contribution in [0, 0.1) is 6.92 Å². The predicted molar refractivity (Wildman–Crippen MR) is 101 cm³/mol. The average Bonchev–Trinajstić information content (AvgIpc) is 3.40. The van der Waals surface area contributed by atoms with Crippen molar-refractivity contribution in [3.63, 3.8) is 0 Å². The quantitative estimate of drug-likeness (QED) is 0.651. The van der Waals surface area contributed by atoms with Gasteiger partial charge in [-0.1, -0.05) is 12.1 Å². The van der Waals surface area contributed by atoms with Gasteiger partial charge in [0.15, 0.2) is 5.69 Å². The third kappa shape index (κ3) is 2.93. The largest absolute Gasteiger partial charge is 0.361 e. The Balaban J connectivity index is 1.33. The van der Waals surface area contributed by atoms with Crippen LogP contribution >= 0.6 is 0 Å². The number of hydrogen-bond acceptors (Lipinski definition) is 7. The number of rotatable bonds is 5. The molecule has 1 spiro atoms. The maximum absolute atomic E-state index is 13.1. The lowest BCUT2D eigenvalue weighted by atomic mass is 9.87. The van der Waals surface area contributed by atoms with Crippen LogP contribution < -0.4 is 0 Å². The summed E-state index contributed by atoms with van der Waals surface area (Å²) < 4.78 is 13.1. The fraction of sp³-hybridized carbons (Fsp3) is 0.450. The second-order valence-electron chi connectivity index (χ2n) is 7.61. The van der Waals surface area contributed by atoms with Gasteiger partial charge in [0.1, 0.15) is 17.2 Å². The number of hydrogen-bond donors (Lipinski definition) is 0. The minimum Gasteiger partial charge on any atom is -0.361 e. The molecule has 3 aromatic rings. The first-order chi connectivity index (χ1) is 14.1. The lowest BCUT2D eigenvalue weighted by Gasteiger charge is -2.46. The highest BCUT2D eigenvalue weighted by atomic mass is 16.5. The van der Waals surface area contributed by atoms with Crippen LogP contribution in [0.15, 0.2) is 29.2 Å². The predicted octanol–water partition coefficient (Wildman–Crippen LogP) is 1.85. The van der Waals surface area contributed by atoms with Crippen LogP contribution in [0.4, 0.5) is 0 Å². The maximum Gasteiger partial charge on any atom is 0.276 e. The summed E-state index contributed by atoms with van der Waals surface area (Å²) in [5.74, 6) is 1.31. The summed E-state index contributed by atoms with van der Waals surface area (Å²) in [5.41, 5.74) is 2.51. The molecule has 3 aromatic heterocycles. The molecular weight excluding hydrogens is 372 g/mol. The third-order valence-electron chi connectivity index (χ3n) is 5.61. The van der Waals surface area contributed by atoms with Crippen molar-refractivity contribution < 1.29 is 14.1 Å². The van der Waals surface area contributed by atoms with Crippen molar-refractivity contribution in [3.8, 4) is 0 Å². The minimum absolute atomic E-state index is 0.157. The van der Waals surface area contributed by atoms with Gasteiger partial charge in [-0.25, -0.2) is 9.97 Å². The SMILES string of the molecule is CCCc1ncc2c(n1)COC21CN(C(=O)c2noc(C)c2Cn2cccn2)C1. The number of aryl methyl sites for hydroxylation is 2. The van der Waals surface area contributed by atoms with Crippen molar-refractivity contribution in [2.24, 2.45) is 0 Å². The van der Waals surface area contributed by atoms with Gasteiger partial charge in [0.05, 0.1) is 31.9 Å². The Bertz CT molecular complexity index is 1050. The van der Waals surface area contributed by atoms with E-state index < -0.39 is 5.60 Å². The Morgan fingerprint density at radius 3 is 2.97 bits per heavy atom. The van der Waals surface area contributed by atoms with E-state index in [0.717, 1.165) is 35.5 Å². The molecule has 0 aliphatic carbocycles. The number of likely N-dealkylation sites (tertiary alicyclic amines) is 1. The maximum atomic E-state index is 13.1. The van der Waals surface area contributed by atoms with E-state index in [0.29, 0.717) is 37.7 Å². The molecule has 0 bridgehead atoms. The van der Waals surface area contributed by atoms with Crippen molar-refractivity contribution in [3.05, 3.63) is 58.8 Å². The highest BCUT2D eigenvalue weighted by Gasteiger charge is 2.53. The summed E-state index contributed by atoms with van der Waals surface area (Å²) in [6.07, 6.45) is 7.27. The number of fused-ring (bicyclic) bond motifs is 2. The van der Waals surface area contributed by atoms with Crippen LogP contribution in [-0.4, -0.2) is 48.8 Å². The Morgan fingerprint density at radius 1 is 1.34 bits per heavy atom. The molecule has 5 heterocycles. The molecule has 0 saturated carbocycles. The number of amides is 1. The van der Waals surface area contributed by atoms with Gasteiger partial charge in [0.2, 0.25) is 0 Å². The molecule has 150 valence electrons. The Hall–Kier alpha value is -3.07. The van der Waals surface area contributed by atoms with Gasteiger partial charge >= 0.3 is 0 Å². The molecule has 1 saturated heterocycles. The summed E-state index contributed by atoms with van der Waals surface area (Å²) in [7, 11) is 0. The minimum atomic E-state index is -0.503. The van der Waals surface area contributed by atoms with Crippen molar-refractivity contribution in [1.29, 1.82) is 0 Å². The van der Waals surface area contributed by atoms with Crippen LogP contribution in [0.5, 0.6) is 0 Å². The van der Waals surface area contributed by atoms with Crippen molar-refractivity contribution in [2.45, 2.75) is 45.4 Å². The Labute approximate surface area is 167 Å². The molecular formula is C20H22N6O3. The monoisotopic (exact) mass is 394 g/mol. The molecule has 0 aromatic carbocycles. The normalized spacial score (nSPS) is 16.8. The average molecular weight is 394 g/mol. The first-order valence-electron chi connectivity index (χ1n) is 9.81. The molecule has 9 nitrogen and oxygen atoms in total. The van der Waals surface area contributed by atoms with Crippen LogP contribution in [-0.2, 0) is 29.9 Å². The van der Waals surface area contributed by atoms with Crippen LogP contribution in [0.25, 0.3) is 0 Å². The van der Waals surface area contributed by atoms with Crippen LogP contribution in [0.3, 0.4) is 0 Å². The fourth-order valence-corrected chi connectivity index (χ4v) is 4.00. The summed E-state index contributed by atoms with van der Waals surface area (Å²) in [6, 6.07) is 1.84. The number of carbonyl (C=O) groups excluding carboxylic acids is 1. The lowest BCUT2D eigenvalue weighted by molar-refractivity contribution is -0.126. The van der Waals surface area contributed by atoms with Gasteiger partial charge in [-0.15, -0.1) is 0 Å². The zero-order valence-corrected chi connectivity index (χ0v) is 16.5. The molecule has 2 aliphatic heterocycles. The van der Waals surface area contributed by atoms with E-state index in [1.807, 2.05) is 25.4 Å². The molecule has 29 heavy (non-hydrogen) atoms. The summed E-state index contributed by atoms with van der Waals surface area (Å²) in [5, 5.41) is 8.22. The highest BCUT2D eigenvalue weighted by molar-refractivity contribution is 5.94. The fourth-order valence-electron chi connectivity index (χ4n) is 4.00. The summed E-state index contributed by atoms with van der Waals surface area (Å²) >= 11 is 0. The summed E-state index contributed by atoms with van der Waals surface area (Å²) in [4.78, 5) is 23.9. The number of nitrogens with zero attached hydrogens (tertiary/aromatic N) is 6. The molecule has 0 atom stereocenters.